The second kappa shape index (κ2) is 6.24. The number of benzene rings is 1. The Morgan fingerprint density at radius 3 is 2.40 bits per heavy atom. The summed E-state index contributed by atoms with van der Waals surface area (Å²) in [4.78, 5) is 2.77. The van der Waals surface area contributed by atoms with Gasteiger partial charge in [-0.25, -0.2) is 8.42 Å². The molecule has 0 heterocycles. The molecule has 1 aromatic rings. The van der Waals surface area contributed by atoms with Crippen LogP contribution in [0.1, 0.15) is 31.4 Å². The lowest BCUT2D eigenvalue weighted by Crippen LogP contribution is -2.31. The van der Waals surface area contributed by atoms with E-state index in [1.54, 1.807) is 12.1 Å². The van der Waals surface area contributed by atoms with E-state index in [-0.39, 0.29) is 6.04 Å². The fourth-order valence-electron chi connectivity index (χ4n) is 2.28. The minimum atomic E-state index is -3.10. The van der Waals surface area contributed by atoms with Crippen LogP contribution in [-0.2, 0) is 9.84 Å². The Balaban J connectivity index is 1.84. The highest BCUT2D eigenvalue weighted by Crippen LogP contribution is 2.24. The molecule has 5 heteroatoms. The maximum Gasteiger partial charge on any atom is 0.175 e. The lowest BCUT2D eigenvalue weighted by atomic mass is 10.1. The van der Waals surface area contributed by atoms with Crippen LogP contribution in [-0.4, -0.2) is 45.8 Å². The zero-order valence-electron chi connectivity index (χ0n) is 12.5. The van der Waals surface area contributed by atoms with Gasteiger partial charge in [0.2, 0.25) is 0 Å². The number of hydrogen-bond acceptors (Lipinski definition) is 4. The molecule has 0 spiro atoms. The molecule has 0 radical (unpaired) electrons. The molecule has 1 aromatic carbocycles. The SMILES string of the molecule is CC(NCCN(C)C1CC1)c1ccc(S(C)(=O)=O)cc1. The van der Waals surface area contributed by atoms with Crippen LogP contribution < -0.4 is 5.32 Å². The Hall–Kier alpha value is -0.910. The smallest absolute Gasteiger partial charge is 0.175 e. The molecule has 112 valence electrons. The Bertz CT molecular complexity index is 535. The van der Waals surface area contributed by atoms with Gasteiger partial charge in [-0.1, -0.05) is 12.1 Å². The van der Waals surface area contributed by atoms with E-state index in [0.717, 1.165) is 24.7 Å². The van der Waals surface area contributed by atoms with Gasteiger partial charge in [-0.2, -0.15) is 0 Å². The zero-order chi connectivity index (χ0) is 14.8. The second-order valence-electron chi connectivity index (χ2n) is 5.73. The summed E-state index contributed by atoms with van der Waals surface area (Å²) >= 11 is 0. The highest BCUT2D eigenvalue weighted by atomic mass is 32.2. The molecular formula is C15H24N2O2S. The van der Waals surface area contributed by atoms with Crippen LogP contribution in [0.2, 0.25) is 0 Å². The summed E-state index contributed by atoms with van der Waals surface area (Å²) < 4.78 is 22.8. The van der Waals surface area contributed by atoms with Crippen molar-refractivity contribution in [1.29, 1.82) is 0 Å². The van der Waals surface area contributed by atoms with Crippen molar-refractivity contribution in [3.8, 4) is 0 Å². The van der Waals surface area contributed by atoms with Gasteiger partial charge in [0.25, 0.3) is 0 Å². The van der Waals surface area contributed by atoms with Gasteiger partial charge in [0.15, 0.2) is 9.84 Å². The molecular weight excluding hydrogens is 272 g/mol. The van der Waals surface area contributed by atoms with Gasteiger partial charge in [-0.15, -0.1) is 0 Å². The van der Waals surface area contributed by atoms with Crippen LogP contribution in [0.25, 0.3) is 0 Å². The number of hydrogen-bond donors (Lipinski definition) is 1. The zero-order valence-corrected chi connectivity index (χ0v) is 13.3. The molecule has 2 rings (SSSR count). The Kier molecular flexibility index (Phi) is 4.83. The van der Waals surface area contributed by atoms with Crippen molar-refractivity contribution in [3.05, 3.63) is 29.8 Å². The minimum absolute atomic E-state index is 0.233. The average molecular weight is 296 g/mol. The number of sulfone groups is 1. The largest absolute Gasteiger partial charge is 0.309 e. The van der Waals surface area contributed by atoms with Crippen molar-refractivity contribution in [2.45, 2.75) is 36.7 Å². The normalized spacial score (nSPS) is 17.4. The monoisotopic (exact) mass is 296 g/mol. The first kappa shape index (κ1) is 15.5. The van der Waals surface area contributed by atoms with E-state index in [2.05, 4.69) is 24.2 Å². The van der Waals surface area contributed by atoms with Crippen molar-refractivity contribution in [2.75, 3.05) is 26.4 Å². The molecule has 1 atom stereocenters. The predicted octanol–water partition coefficient (Wildman–Crippen LogP) is 1.83. The molecule has 1 aliphatic carbocycles. The van der Waals surface area contributed by atoms with E-state index in [4.69, 9.17) is 0 Å². The summed E-state index contributed by atoms with van der Waals surface area (Å²) in [7, 11) is -0.932. The Morgan fingerprint density at radius 1 is 1.30 bits per heavy atom. The molecule has 0 amide bonds. The standard InChI is InChI=1S/C15H24N2O2S/c1-12(16-10-11-17(2)14-6-7-14)13-4-8-15(9-5-13)20(3,18)19/h4-5,8-9,12,14,16H,6-7,10-11H2,1-3H3. The maximum absolute atomic E-state index is 11.4. The first-order valence-electron chi connectivity index (χ1n) is 7.11. The van der Waals surface area contributed by atoms with Gasteiger partial charge in [0.1, 0.15) is 0 Å². The van der Waals surface area contributed by atoms with Crippen LogP contribution in [0.3, 0.4) is 0 Å². The number of nitrogens with zero attached hydrogens (tertiary/aromatic N) is 1. The van der Waals surface area contributed by atoms with E-state index in [1.165, 1.54) is 19.1 Å². The molecule has 0 aliphatic heterocycles. The van der Waals surface area contributed by atoms with Gasteiger partial charge in [0.05, 0.1) is 4.90 Å². The topological polar surface area (TPSA) is 49.4 Å². The molecule has 0 bridgehead atoms. The van der Waals surface area contributed by atoms with Crippen LogP contribution in [0, 0.1) is 0 Å². The molecule has 0 saturated heterocycles. The molecule has 1 aliphatic rings. The summed E-state index contributed by atoms with van der Waals surface area (Å²) in [5, 5.41) is 3.48. The quantitative estimate of drug-likeness (QED) is 0.834. The molecule has 20 heavy (non-hydrogen) atoms. The van der Waals surface area contributed by atoms with Crippen molar-refractivity contribution < 1.29 is 8.42 Å². The van der Waals surface area contributed by atoms with Gasteiger partial charge in [-0.05, 0) is 44.5 Å². The summed E-state index contributed by atoms with van der Waals surface area (Å²) in [5.41, 5.74) is 1.12. The first-order valence-corrected chi connectivity index (χ1v) is 9.00. The van der Waals surface area contributed by atoms with Crippen LogP contribution in [0.15, 0.2) is 29.2 Å². The van der Waals surface area contributed by atoms with Gasteiger partial charge < -0.3 is 10.2 Å². The maximum atomic E-state index is 11.4. The third kappa shape index (κ3) is 4.30. The predicted molar refractivity (Wildman–Crippen MR) is 81.6 cm³/mol. The van der Waals surface area contributed by atoms with Crippen LogP contribution >= 0.6 is 0 Å². The van der Waals surface area contributed by atoms with E-state index in [9.17, 15) is 8.42 Å². The minimum Gasteiger partial charge on any atom is -0.309 e. The van der Waals surface area contributed by atoms with Crippen molar-refractivity contribution in [2.24, 2.45) is 0 Å². The van der Waals surface area contributed by atoms with Crippen LogP contribution in [0.4, 0.5) is 0 Å². The highest BCUT2D eigenvalue weighted by Gasteiger charge is 2.25. The average Bonchev–Trinajstić information content (AvgIpc) is 3.22. The third-order valence-electron chi connectivity index (χ3n) is 3.89. The fourth-order valence-corrected chi connectivity index (χ4v) is 2.91. The summed E-state index contributed by atoms with van der Waals surface area (Å²) in [5.74, 6) is 0. The summed E-state index contributed by atoms with van der Waals surface area (Å²) in [6.45, 7) is 4.10. The lowest BCUT2D eigenvalue weighted by molar-refractivity contribution is 0.316. The van der Waals surface area contributed by atoms with E-state index in [0.29, 0.717) is 4.90 Å². The van der Waals surface area contributed by atoms with Gasteiger partial charge in [-0.3, -0.25) is 0 Å². The third-order valence-corrected chi connectivity index (χ3v) is 5.02. The van der Waals surface area contributed by atoms with Crippen molar-refractivity contribution >= 4 is 9.84 Å². The van der Waals surface area contributed by atoms with E-state index < -0.39 is 9.84 Å². The van der Waals surface area contributed by atoms with E-state index >= 15 is 0 Å². The summed E-state index contributed by atoms with van der Waals surface area (Å²) in [6.07, 6.45) is 3.90. The number of nitrogens with one attached hydrogen (secondary N) is 1. The van der Waals surface area contributed by atoms with Crippen molar-refractivity contribution in [1.82, 2.24) is 10.2 Å². The molecule has 1 fully saturated rings. The molecule has 1 N–H and O–H groups in total. The number of rotatable bonds is 7. The Labute approximate surface area is 122 Å². The molecule has 0 aromatic heterocycles. The van der Waals surface area contributed by atoms with Gasteiger partial charge in [0, 0.05) is 31.4 Å². The lowest BCUT2D eigenvalue weighted by Gasteiger charge is -2.19. The highest BCUT2D eigenvalue weighted by molar-refractivity contribution is 7.90. The number of likely N-dealkylation sites (N-methyl/N-ethyl adjacent to an activating group) is 1. The Morgan fingerprint density at radius 2 is 1.90 bits per heavy atom. The van der Waals surface area contributed by atoms with Gasteiger partial charge >= 0.3 is 0 Å². The van der Waals surface area contributed by atoms with Crippen molar-refractivity contribution in [3.63, 3.8) is 0 Å². The first-order chi connectivity index (χ1) is 9.38. The van der Waals surface area contributed by atoms with E-state index in [1.807, 2.05) is 12.1 Å². The fraction of sp³-hybridized carbons (Fsp3) is 0.600. The molecule has 1 saturated carbocycles. The second-order valence-corrected chi connectivity index (χ2v) is 7.74. The molecule has 4 nitrogen and oxygen atoms in total. The summed E-state index contributed by atoms with van der Waals surface area (Å²) in [6, 6.07) is 8.16. The molecule has 1 unspecified atom stereocenters. The van der Waals surface area contributed by atoms with Crippen LogP contribution in [0.5, 0.6) is 0 Å².